The highest BCUT2D eigenvalue weighted by Gasteiger charge is 2.09. The quantitative estimate of drug-likeness (QED) is 0.126. The molecule has 0 aliphatic rings. The van der Waals surface area contributed by atoms with Crippen molar-refractivity contribution in [3.63, 3.8) is 0 Å². The Morgan fingerprint density at radius 2 is 1.03 bits per heavy atom. The number of ether oxygens (including phenoxy) is 2. The van der Waals surface area contributed by atoms with Crippen molar-refractivity contribution in [2.45, 2.75) is 37.9 Å². The van der Waals surface area contributed by atoms with Crippen LogP contribution in [0.3, 0.4) is 0 Å². The number of unbranched alkanes of at least 4 members (excludes halogenated alkanes) is 3. The fourth-order valence-corrected chi connectivity index (χ4v) is 3.22. The summed E-state index contributed by atoms with van der Waals surface area (Å²) in [6.45, 7) is 2.55. The Bertz CT molecular complexity index is 836. The van der Waals surface area contributed by atoms with Crippen LogP contribution in [-0.4, -0.2) is 71.7 Å². The number of aliphatic hydroxyl groups excluding tert-OH is 2. The van der Waals surface area contributed by atoms with E-state index < -0.39 is 22.1 Å². The van der Waals surface area contributed by atoms with Crippen molar-refractivity contribution >= 4 is 11.4 Å². The van der Waals surface area contributed by atoms with Crippen LogP contribution in [0.15, 0.2) is 48.5 Å². The number of nitrogens with zero attached hydrogens (tertiary/aromatic N) is 2. The highest BCUT2D eigenvalue weighted by molar-refractivity contribution is 5.36. The Morgan fingerprint density at radius 3 is 1.36 bits per heavy atom. The minimum absolute atomic E-state index is 0.00983. The molecule has 2 aromatic carbocycles. The van der Waals surface area contributed by atoms with E-state index in [1.54, 1.807) is 0 Å². The van der Waals surface area contributed by atoms with Gasteiger partial charge in [0.05, 0.1) is 9.85 Å². The van der Waals surface area contributed by atoms with Crippen LogP contribution in [-0.2, 0) is 0 Å². The lowest BCUT2D eigenvalue weighted by molar-refractivity contribution is -0.385. The fraction of sp³-hybridized carbons (Fsp3) is 0.500. The summed E-state index contributed by atoms with van der Waals surface area (Å²) in [6.07, 6.45) is 2.66. The van der Waals surface area contributed by atoms with Gasteiger partial charge in [0.1, 0.15) is 36.9 Å². The second-order valence-corrected chi connectivity index (χ2v) is 8.25. The van der Waals surface area contributed by atoms with Crippen LogP contribution in [0, 0.1) is 20.2 Å². The van der Waals surface area contributed by atoms with Crippen LogP contribution in [0.4, 0.5) is 11.4 Å². The number of non-ortho nitro benzene ring substituents is 2. The molecule has 0 saturated carbocycles. The molecular weight excluding hydrogens is 472 g/mol. The van der Waals surface area contributed by atoms with Gasteiger partial charge < -0.3 is 30.3 Å². The predicted molar refractivity (Wildman–Crippen MR) is 133 cm³/mol. The smallest absolute Gasteiger partial charge is 0.269 e. The van der Waals surface area contributed by atoms with Crippen molar-refractivity contribution in [2.24, 2.45) is 0 Å². The fourth-order valence-electron chi connectivity index (χ4n) is 3.22. The molecule has 0 bridgehead atoms. The molecule has 2 rings (SSSR count). The first kappa shape index (κ1) is 28.9. The van der Waals surface area contributed by atoms with Crippen molar-refractivity contribution in [2.75, 3.05) is 39.4 Å². The zero-order valence-corrected chi connectivity index (χ0v) is 20.1. The Balaban J connectivity index is 1.39. The van der Waals surface area contributed by atoms with E-state index in [4.69, 9.17) is 9.47 Å². The van der Waals surface area contributed by atoms with E-state index in [1.807, 2.05) is 0 Å². The third-order valence-corrected chi connectivity index (χ3v) is 5.20. The van der Waals surface area contributed by atoms with Crippen molar-refractivity contribution in [1.82, 2.24) is 10.6 Å². The molecular formula is C24H34N4O8. The van der Waals surface area contributed by atoms with Crippen LogP contribution in [0.1, 0.15) is 25.7 Å². The molecule has 0 unspecified atom stereocenters. The number of benzene rings is 2. The summed E-state index contributed by atoms with van der Waals surface area (Å²) in [5.74, 6) is 0.940. The van der Waals surface area contributed by atoms with E-state index in [2.05, 4.69) is 10.6 Å². The summed E-state index contributed by atoms with van der Waals surface area (Å²) in [4.78, 5) is 20.3. The molecule has 0 spiro atoms. The minimum Gasteiger partial charge on any atom is -0.491 e. The molecule has 12 heteroatoms. The molecule has 0 radical (unpaired) electrons. The van der Waals surface area contributed by atoms with Gasteiger partial charge in [-0.3, -0.25) is 20.2 Å². The highest BCUT2D eigenvalue weighted by atomic mass is 16.6. The molecule has 198 valence electrons. The number of nitro groups is 2. The van der Waals surface area contributed by atoms with E-state index in [0.29, 0.717) is 24.6 Å². The maximum absolute atomic E-state index is 10.6. The molecule has 12 nitrogen and oxygen atoms in total. The summed E-state index contributed by atoms with van der Waals surface area (Å²) in [7, 11) is 0. The van der Waals surface area contributed by atoms with Crippen LogP contribution in [0.2, 0.25) is 0 Å². The van der Waals surface area contributed by atoms with Crippen LogP contribution in [0.5, 0.6) is 11.5 Å². The average Bonchev–Trinajstić information content (AvgIpc) is 2.87. The van der Waals surface area contributed by atoms with Gasteiger partial charge in [0, 0.05) is 37.4 Å². The van der Waals surface area contributed by atoms with E-state index in [1.165, 1.54) is 48.5 Å². The number of hydrogen-bond acceptors (Lipinski definition) is 10. The van der Waals surface area contributed by atoms with Gasteiger partial charge in [0.15, 0.2) is 0 Å². The molecule has 0 amide bonds. The van der Waals surface area contributed by atoms with Gasteiger partial charge in [-0.05, 0) is 50.2 Å². The minimum atomic E-state index is -0.680. The molecule has 0 aliphatic carbocycles. The number of rotatable bonds is 19. The molecule has 36 heavy (non-hydrogen) atoms. The Labute approximate surface area is 209 Å². The summed E-state index contributed by atoms with van der Waals surface area (Å²) in [6, 6.07) is 11.4. The topological polar surface area (TPSA) is 169 Å². The van der Waals surface area contributed by atoms with Gasteiger partial charge in [-0.2, -0.15) is 0 Å². The van der Waals surface area contributed by atoms with Gasteiger partial charge in [-0.1, -0.05) is 12.8 Å². The maximum Gasteiger partial charge on any atom is 0.269 e. The van der Waals surface area contributed by atoms with Gasteiger partial charge in [0.2, 0.25) is 0 Å². The number of nitro benzene ring substituents is 2. The Hall–Kier alpha value is -3.32. The van der Waals surface area contributed by atoms with Crippen molar-refractivity contribution in [1.29, 1.82) is 0 Å². The van der Waals surface area contributed by atoms with E-state index in [-0.39, 0.29) is 24.6 Å². The van der Waals surface area contributed by atoms with Gasteiger partial charge in [0.25, 0.3) is 11.4 Å². The largest absolute Gasteiger partial charge is 0.491 e. The summed E-state index contributed by atoms with van der Waals surface area (Å²) < 4.78 is 10.9. The SMILES string of the molecule is O=[N+]([O-])c1ccc(OC[C@H](O)CNCCCCCCNC[C@@H](O)COc2ccc([N+](=O)[O-])cc2)cc1. The number of aliphatic hydroxyl groups is 2. The second kappa shape index (κ2) is 16.4. The summed E-state index contributed by atoms with van der Waals surface area (Å²) in [5.41, 5.74) is -0.0197. The average molecular weight is 507 g/mol. The number of hydrogen-bond donors (Lipinski definition) is 4. The first-order chi connectivity index (χ1) is 17.3. The molecule has 0 aliphatic heterocycles. The maximum atomic E-state index is 10.6. The third kappa shape index (κ3) is 11.9. The second-order valence-electron chi connectivity index (χ2n) is 8.25. The molecule has 2 aromatic rings. The van der Waals surface area contributed by atoms with Gasteiger partial charge in [-0.25, -0.2) is 0 Å². The molecule has 0 saturated heterocycles. The van der Waals surface area contributed by atoms with Gasteiger partial charge in [-0.15, -0.1) is 0 Å². The van der Waals surface area contributed by atoms with Crippen molar-refractivity contribution in [3.05, 3.63) is 68.8 Å². The third-order valence-electron chi connectivity index (χ3n) is 5.20. The zero-order chi connectivity index (χ0) is 26.2. The van der Waals surface area contributed by atoms with E-state index >= 15 is 0 Å². The predicted octanol–water partition coefficient (Wildman–Crippen LogP) is 2.42. The molecule has 2 atom stereocenters. The van der Waals surface area contributed by atoms with Crippen molar-refractivity contribution < 1.29 is 29.5 Å². The van der Waals surface area contributed by atoms with Crippen LogP contribution < -0.4 is 20.1 Å². The van der Waals surface area contributed by atoms with E-state index in [0.717, 1.165) is 38.8 Å². The van der Waals surface area contributed by atoms with Crippen molar-refractivity contribution in [3.8, 4) is 11.5 Å². The summed E-state index contributed by atoms with van der Waals surface area (Å²) >= 11 is 0. The van der Waals surface area contributed by atoms with Crippen LogP contribution in [0.25, 0.3) is 0 Å². The lowest BCUT2D eigenvalue weighted by atomic mass is 10.2. The first-order valence-corrected chi connectivity index (χ1v) is 11.9. The van der Waals surface area contributed by atoms with Gasteiger partial charge >= 0.3 is 0 Å². The molecule has 0 aromatic heterocycles. The first-order valence-electron chi connectivity index (χ1n) is 11.9. The monoisotopic (exact) mass is 506 g/mol. The standard InChI is InChI=1S/C24H34N4O8/c29-21(17-35-23-9-5-19(6-10-23)27(31)32)15-25-13-3-1-2-4-14-26-16-22(30)18-36-24-11-7-20(8-12-24)28(33)34/h5-12,21-22,25-26,29-30H,1-4,13-18H2/t21-,22-/m1/s1. The lowest BCUT2D eigenvalue weighted by Gasteiger charge is -2.14. The van der Waals surface area contributed by atoms with E-state index in [9.17, 15) is 30.4 Å². The zero-order valence-electron chi connectivity index (χ0n) is 20.1. The normalized spacial score (nSPS) is 12.6. The molecule has 0 fully saturated rings. The Kier molecular flexibility index (Phi) is 13.1. The molecule has 0 heterocycles. The van der Waals surface area contributed by atoms with Crippen LogP contribution >= 0.6 is 0 Å². The molecule has 4 N–H and O–H groups in total. The Morgan fingerprint density at radius 1 is 0.667 bits per heavy atom. The number of nitrogens with one attached hydrogen (secondary N) is 2. The summed E-state index contributed by atoms with van der Waals surface area (Å²) in [5, 5.41) is 47.6. The lowest BCUT2D eigenvalue weighted by Crippen LogP contribution is -2.32. The highest BCUT2D eigenvalue weighted by Crippen LogP contribution is 2.18.